The number of nitrogens with zero attached hydrogens (tertiary/aromatic N) is 4. The molecule has 4 rings (SSSR count). The second kappa shape index (κ2) is 19.2. The lowest BCUT2D eigenvalue weighted by molar-refractivity contribution is 0.0312. The van der Waals surface area contributed by atoms with Crippen molar-refractivity contribution in [1.29, 1.82) is 0 Å². The van der Waals surface area contributed by atoms with Crippen molar-refractivity contribution in [3.63, 3.8) is 0 Å². The summed E-state index contributed by atoms with van der Waals surface area (Å²) in [5.74, 6) is 0.860. The van der Waals surface area contributed by atoms with Gasteiger partial charge in [-0.25, -0.2) is 9.78 Å². The number of hydrogen-bond acceptors (Lipinski definition) is 12. The molecule has 0 aliphatic carbocycles. The molecule has 15 heteroatoms. The van der Waals surface area contributed by atoms with E-state index >= 15 is 0 Å². The van der Waals surface area contributed by atoms with Gasteiger partial charge in [-0.05, 0) is 76.3 Å². The second-order valence-electron chi connectivity index (χ2n) is 13.1. The average molecular weight is 751 g/mol. The van der Waals surface area contributed by atoms with Crippen LogP contribution in [0.15, 0.2) is 60.9 Å². The minimum atomic E-state index is -3.58. The van der Waals surface area contributed by atoms with Crippen molar-refractivity contribution in [2.75, 3.05) is 51.6 Å². The van der Waals surface area contributed by atoms with Crippen LogP contribution in [0.25, 0.3) is 22.3 Å². The maximum Gasteiger partial charge on any atom is 0.407 e. The molecule has 2 N–H and O–H groups in total. The molecule has 2 aromatic carbocycles. The van der Waals surface area contributed by atoms with Crippen molar-refractivity contribution in [2.45, 2.75) is 64.9 Å². The molecule has 53 heavy (non-hydrogen) atoms. The number of anilines is 2. The third-order valence-electron chi connectivity index (χ3n) is 8.26. The first kappa shape index (κ1) is 40.7. The van der Waals surface area contributed by atoms with E-state index in [1.54, 1.807) is 44.8 Å². The van der Waals surface area contributed by atoms with Gasteiger partial charge in [0.05, 0.1) is 50.0 Å². The summed E-state index contributed by atoms with van der Waals surface area (Å²) in [5.41, 5.74) is 3.76. The van der Waals surface area contributed by atoms with Crippen LogP contribution in [0.1, 0.15) is 69.8 Å². The lowest BCUT2D eigenvalue weighted by Crippen LogP contribution is -2.35. The van der Waals surface area contributed by atoms with E-state index in [0.717, 1.165) is 36.9 Å². The summed E-state index contributed by atoms with van der Waals surface area (Å²) in [6.07, 6.45) is 8.36. The number of methoxy groups -OCH3 is 2. The molecule has 0 bridgehead atoms. The standard InChI is InChI=1S/C38H50N6O8S/c1-7-8-15-38(2,3)52-37(46)41-17-10-9-16-40-36(45)34-21-27(14-18-39-34)35-26-42-32-13-12-28(24-33(32)43-35)44(19-11-20-51-53(6,47)48)29-22-30(49-4)25-31(23-29)50-5/h12-14,18,21-26H,7-11,15-17,19-20H2,1-6H3,(H,40,45)(H,41,46). The molecule has 0 aliphatic heterocycles. The van der Waals surface area contributed by atoms with Crippen molar-refractivity contribution < 1.29 is 36.4 Å². The minimum Gasteiger partial charge on any atom is -0.497 e. The smallest absolute Gasteiger partial charge is 0.407 e. The van der Waals surface area contributed by atoms with E-state index in [2.05, 4.69) is 27.5 Å². The first-order chi connectivity index (χ1) is 25.3. The highest BCUT2D eigenvalue weighted by Crippen LogP contribution is 2.34. The fourth-order valence-electron chi connectivity index (χ4n) is 5.48. The highest BCUT2D eigenvalue weighted by atomic mass is 32.2. The van der Waals surface area contributed by atoms with Crippen LogP contribution in [-0.4, -0.2) is 87.7 Å². The number of carbonyl (C=O) groups is 2. The van der Waals surface area contributed by atoms with Gasteiger partial charge in [0.1, 0.15) is 22.8 Å². The number of hydrogen-bond donors (Lipinski definition) is 2. The lowest BCUT2D eigenvalue weighted by atomic mass is 10.0. The van der Waals surface area contributed by atoms with Crippen LogP contribution >= 0.6 is 0 Å². The fraction of sp³-hybridized carbons (Fsp3) is 0.447. The predicted molar refractivity (Wildman–Crippen MR) is 204 cm³/mol. The third kappa shape index (κ3) is 12.9. The molecule has 0 atom stereocenters. The molecule has 0 radical (unpaired) electrons. The van der Waals surface area contributed by atoms with Crippen molar-refractivity contribution >= 4 is 44.5 Å². The van der Waals surface area contributed by atoms with Crippen LogP contribution in [0.3, 0.4) is 0 Å². The predicted octanol–water partition coefficient (Wildman–Crippen LogP) is 6.42. The van der Waals surface area contributed by atoms with Crippen LogP contribution in [0.4, 0.5) is 16.2 Å². The Morgan fingerprint density at radius 3 is 2.25 bits per heavy atom. The van der Waals surface area contributed by atoms with E-state index < -0.39 is 21.8 Å². The molecule has 2 heterocycles. The Labute approximate surface area is 311 Å². The van der Waals surface area contributed by atoms with E-state index in [0.29, 0.717) is 72.7 Å². The summed E-state index contributed by atoms with van der Waals surface area (Å²) >= 11 is 0. The van der Waals surface area contributed by atoms with Crippen molar-refractivity contribution in [3.05, 3.63) is 66.6 Å². The van der Waals surface area contributed by atoms with Gasteiger partial charge in [0.25, 0.3) is 16.0 Å². The number of aromatic nitrogens is 3. The van der Waals surface area contributed by atoms with Gasteiger partial charge in [-0.2, -0.15) is 8.42 Å². The van der Waals surface area contributed by atoms with E-state index in [1.807, 2.05) is 49.1 Å². The third-order valence-corrected chi connectivity index (χ3v) is 8.85. The van der Waals surface area contributed by atoms with Crippen LogP contribution in [0, 0.1) is 0 Å². The second-order valence-corrected chi connectivity index (χ2v) is 14.7. The van der Waals surface area contributed by atoms with Gasteiger partial charge in [-0.15, -0.1) is 0 Å². The molecule has 0 aliphatic rings. The van der Waals surface area contributed by atoms with Crippen LogP contribution in [0.5, 0.6) is 11.5 Å². The zero-order valence-corrected chi connectivity index (χ0v) is 32.1. The Hall–Kier alpha value is -5.02. The van der Waals surface area contributed by atoms with Crippen LogP contribution < -0.4 is 25.0 Å². The molecule has 0 spiro atoms. The van der Waals surface area contributed by atoms with Gasteiger partial charge in [0, 0.05) is 61.0 Å². The number of unbranched alkanes of at least 4 members (excludes halogenated alkanes) is 2. The molecule has 2 amide bonds. The lowest BCUT2D eigenvalue weighted by Gasteiger charge is -2.26. The number of rotatable bonds is 20. The summed E-state index contributed by atoms with van der Waals surface area (Å²) in [4.78, 5) is 40.9. The van der Waals surface area contributed by atoms with Crippen molar-refractivity contribution in [3.8, 4) is 22.8 Å². The Morgan fingerprint density at radius 2 is 1.57 bits per heavy atom. The SMILES string of the molecule is CCCCC(C)(C)OC(=O)NCCCCNC(=O)c1cc(-c2cnc3ccc(N(CCCOS(C)(=O)=O)c4cc(OC)cc(OC)c4)cc3n2)ccn1. The Kier molecular flexibility index (Phi) is 14.7. The number of fused-ring (bicyclic) bond motifs is 1. The molecule has 0 saturated heterocycles. The topological polar surface area (TPSA) is 171 Å². The number of pyridine rings is 1. The van der Waals surface area contributed by atoms with Gasteiger partial charge in [-0.3, -0.25) is 18.9 Å². The maximum atomic E-state index is 13.0. The number of alkyl carbamates (subject to hydrolysis) is 1. The molecule has 0 unspecified atom stereocenters. The van der Waals surface area contributed by atoms with Gasteiger partial charge < -0.3 is 29.7 Å². The summed E-state index contributed by atoms with van der Waals surface area (Å²) < 4.78 is 44.6. The highest BCUT2D eigenvalue weighted by molar-refractivity contribution is 7.85. The molecular weight excluding hydrogens is 701 g/mol. The van der Waals surface area contributed by atoms with Gasteiger partial charge >= 0.3 is 6.09 Å². The molecule has 4 aromatic rings. The normalized spacial score (nSPS) is 11.6. The molecule has 14 nitrogen and oxygen atoms in total. The molecule has 2 aromatic heterocycles. The minimum absolute atomic E-state index is 0.0113. The zero-order chi connectivity index (χ0) is 38.4. The quantitative estimate of drug-likeness (QED) is 0.0752. The van der Waals surface area contributed by atoms with Gasteiger partial charge in [0.2, 0.25) is 0 Å². The van der Waals surface area contributed by atoms with Crippen LogP contribution in [-0.2, 0) is 19.0 Å². The number of nitrogens with one attached hydrogen (secondary N) is 2. The van der Waals surface area contributed by atoms with E-state index in [4.69, 9.17) is 23.4 Å². The monoisotopic (exact) mass is 750 g/mol. The number of carbonyl (C=O) groups excluding carboxylic acids is 2. The first-order valence-corrected chi connectivity index (χ1v) is 19.5. The molecule has 0 fully saturated rings. The Morgan fingerprint density at radius 1 is 0.849 bits per heavy atom. The fourth-order valence-corrected chi connectivity index (χ4v) is 5.90. The van der Waals surface area contributed by atoms with E-state index in [9.17, 15) is 18.0 Å². The van der Waals surface area contributed by atoms with Crippen molar-refractivity contribution in [2.24, 2.45) is 0 Å². The van der Waals surface area contributed by atoms with Crippen LogP contribution in [0.2, 0.25) is 0 Å². The molecule has 286 valence electrons. The Bertz CT molecular complexity index is 1930. The number of amides is 2. The summed E-state index contributed by atoms with van der Waals surface area (Å²) in [5, 5.41) is 5.67. The first-order valence-electron chi connectivity index (χ1n) is 17.6. The van der Waals surface area contributed by atoms with E-state index in [-0.39, 0.29) is 18.2 Å². The highest BCUT2D eigenvalue weighted by Gasteiger charge is 2.22. The number of ether oxygens (including phenoxy) is 3. The zero-order valence-electron chi connectivity index (χ0n) is 31.3. The molecular formula is C38H50N6O8S. The summed E-state index contributed by atoms with van der Waals surface area (Å²) in [7, 11) is -0.440. The largest absolute Gasteiger partial charge is 0.497 e. The molecule has 0 saturated carbocycles. The van der Waals surface area contributed by atoms with Crippen molar-refractivity contribution in [1.82, 2.24) is 25.6 Å². The number of benzene rings is 2. The summed E-state index contributed by atoms with van der Waals surface area (Å²) in [6.45, 7) is 7.20. The average Bonchev–Trinajstić information content (AvgIpc) is 3.14. The van der Waals surface area contributed by atoms with E-state index in [1.165, 1.54) is 0 Å². The Balaban J connectivity index is 1.43. The summed E-state index contributed by atoms with van der Waals surface area (Å²) in [6, 6.07) is 14.6. The van der Waals surface area contributed by atoms with Gasteiger partial charge in [-0.1, -0.05) is 13.3 Å². The maximum absolute atomic E-state index is 13.0. The van der Waals surface area contributed by atoms with Gasteiger partial charge in [0.15, 0.2) is 0 Å².